The highest BCUT2D eigenvalue weighted by Gasteiger charge is 2.34. The first-order valence-electron chi connectivity index (χ1n) is 8.16. The van der Waals surface area contributed by atoms with Crippen molar-refractivity contribution in [2.75, 3.05) is 10.6 Å². The molecule has 0 N–H and O–H groups in total. The number of non-ortho nitro benzene ring substituents is 1. The average molecular weight is 431 g/mol. The minimum absolute atomic E-state index is 0.000285. The van der Waals surface area contributed by atoms with Gasteiger partial charge in [0.1, 0.15) is 0 Å². The minimum atomic E-state index is -3.97. The summed E-state index contributed by atoms with van der Waals surface area (Å²) in [4.78, 5) is 13.0. The number of fused-ring (bicyclic) bond motifs is 2. The predicted molar refractivity (Wildman–Crippen MR) is 111 cm³/mol. The van der Waals surface area contributed by atoms with Crippen LogP contribution in [0.2, 0.25) is 0 Å². The van der Waals surface area contributed by atoms with Gasteiger partial charge in [0.25, 0.3) is 15.7 Å². The first-order valence-corrected chi connectivity index (χ1v) is 11.6. The molecule has 142 valence electrons. The quantitative estimate of drug-likeness (QED) is 0.317. The van der Waals surface area contributed by atoms with E-state index >= 15 is 0 Å². The van der Waals surface area contributed by atoms with Crippen molar-refractivity contribution in [2.24, 2.45) is 0 Å². The number of anilines is 2. The van der Waals surface area contributed by atoms with Crippen LogP contribution in [0, 0.1) is 10.1 Å². The molecule has 1 heterocycles. The summed E-state index contributed by atoms with van der Waals surface area (Å²) in [5.41, 5.74) is 0.990. The Kier molecular flexibility index (Phi) is 4.82. The molecule has 0 radical (unpaired) electrons. The third kappa shape index (κ3) is 3.15. The van der Waals surface area contributed by atoms with Gasteiger partial charge >= 0.3 is 0 Å². The maximum Gasteiger partial charge on any atom is 0.269 e. The number of para-hydroxylation sites is 1. The van der Waals surface area contributed by atoms with Gasteiger partial charge in [0, 0.05) is 26.8 Å². The fourth-order valence-corrected chi connectivity index (χ4v) is 6.04. The zero-order chi connectivity index (χ0) is 19.9. The van der Waals surface area contributed by atoms with Crippen molar-refractivity contribution in [3.8, 4) is 0 Å². The molecule has 6 nitrogen and oxygen atoms in total. The van der Waals surface area contributed by atoms with Crippen LogP contribution in [0.25, 0.3) is 0 Å². The second kappa shape index (κ2) is 7.16. The molecule has 4 rings (SSSR count). The molecule has 0 aromatic heterocycles. The van der Waals surface area contributed by atoms with E-state index < -0.39 is 14.9 Å². The van der Waals surface area contributed by atoms with Gasteiger partial charge in [0.2, 0.25) is 0 Å². The SMILES string of the molecule is CSc1ccc2c(c1)N(S(=O)(=O)c1ccc([N+](=O)[O-])cc1)c1ccccc1S2. The second-order valence-corrected chi connectivity index (χ2v) is 9.67. The van der Waals surface area contributed by atoms with Gasteiger partial charge in [0.15, 0.2) is 0 Å². The normalized spacial score (nSPS) is 13.0. The fourth-order valence-electron chi connectivity index (χ4n) is 2.93. The lowest BCUT2D eigenvalue weighted by Crippen LogP contribution is -2.28. The fraction of sp³-hybridized carbons (Fsp3) is 0.0526. The van der Waals surface area contributed by atoms with E-state index in [1.807, 2.05) is 36.6 Å². The lowest BCUT2D eigenvalue weighted by molar-refractivity contribution is -0.384. The van der Waals surface area contributed by atoms with E-state index in [1.54, 1.807) is 12.1 Å². The lowest BCUT2D eigenvalue weighted by atomic mass is 10.2. The van der Waals surface area contributed by atoms with Crippen molar-refractivity contribution in [3.63, 3.8) is 0 Å². The third-order valence-corrected chi connectivity index (χ3v) is 7.87. The van der Waals surface area contributed by atoms with Crippen LogP contribution in [0.1, 0.15) is 0 Å². The first-order chi connectivity index (χ1) is 13.4. The number of sulfonamides is 1. The molecule has 0 spiro atoms. The molecule has 0 bridgehead atoms. The van der Waals surface area contributed by atoms with Crippen LogP contribution in [0.4, 0.5) is 17.1 Å². The summed E-state index contributed by atoms with van der Waals surface area (Å²) in [7, 11) is -3.97. The molecule has 0 fully saturated rings. The average Bonchev–Trinajstić information content (AvgIpc) is 2.71. The van der Waals surface area contributed by atoms with Gasteiger partial charge in [-0.2, -0.15) is 0 Å². The number of nitro benzene ring substituents is 1. The lowest BCUT2D eigenvalue weighted by Gasteiger charge is -2.32. The molecular weight excluding hydrogens is 416 g/mol. The molecule has 0 unspecified atom stereocenters. The molecule has 0 aliphatic carbocycles. The Balaban J connectivity index is 1.91. The summed E-state index contributed by atoms with van der Waals surface area (Å²) < 4.78 is 28.4. The van der Waals surface area contributed by atoms with Crippen molar-refractivity contribution < 1.29 is 13.3 Å². The second-order valence-electron chi connectivity index (χ2n) is 5.92. The highest BCUT2D eigenvalue weighted by atomic mass is 32.2. The van der Waals surface area contributed by atoms with Crippen LogP contribution >= 0.6 is 23.5 Å². The van der Waals surface area contributed by atoms with Gasteiger partial charge in [0.05, 0.1) is 21.2 Å². The van der Waals surface area contributed by atoms with E-state index in [1.165, 1.54) is 52.1 Å². The molecule has 1 aliphatic rings. The number of hydrogen-bond acceptors (Lipinski definition) is 6. The Labute approximate surface area is 170 Å². The summed E-state index contributed by atoms with van der Waals surface area (Å²) in [5, 5.41) is 10.9. The van der Waals surface area contributed by atoms with Gasteiger partial charge < -0.3 is 0 Å². The largest absolute Gasteiger partial charge is 0.269 e. The summed E-state index contributed by atoms with van der Waals surface area (Å²) >= 11 is 3.05. The van der Waals surface area contributed by atoms with E-state index in [4.69, 9.17) is 0 Å². The van der Waals surface area contributed by atoms with Crippen LogP contribution in [-0.4, -0.2) is 19.6 Å². The van der Waals surface area contributed by atoms with Gasteiger partial charge in [-0.05, 0) is 48.7 Å². The Morgan fingerprint density at radius 3 is 2.32 bits per heavy atom. The third-order valence-electron chi connectivity index (χ3n) is 4.27. The number of nitro groups is 1. The Morgan fingerprint density at radius 1 is 0.964 bits per heavy atom. The standard InChI is InChI=1S/C19H14N2O4S3/c1-26-14-8-11-19-17(12-14)20(16-4-2-3-5-18(16)27-19)28(24,25)15-9-6-13(7-10-15)21(22)23/h2-12H,1H3. The Bertz CT molecular complexity index is 1180. The van der Waals surface area contributed by atoms with Crippen LogP contribution < -0.4 is 4.31 Å². The highest BCUT2D eigenvalue weighted by Crippen LogP contribution is 2.51. The van der Waals surface area contributed by atoms with E-state index in [-0.39, 0.29) is 10.6 Å². The number of nitrogens with zero attached hydrogens (tertiary/aromatic N) is 2. The van der Waals surface area contributed by atoms with Crippen LogP contribution in [0.3, 0.4) is 0 Å². The number of thioether (sulfide) groups is 1. The summed E-state index contributed by atoms with van der Waals surface area (Å²) in [6.45, 7) is 0. The van der Waals surface area contributed by atoms with Crippen LogP contribution in [-0.2, 0) is 10.0 Å². The summed E-state index contributed by atoms with van der Waals surface area (Å²) in [6, 6.07) is 18.0. The molecule has 9 heteroatoms. The van der Waals surface area contributed by atoms with Crippen molar-refractivity contribution in [3.05, 3.63) is 76.8 Å². The van der Waals surface area contributed by atoms with Crippen LogP contribution in [0.5, 0.6) is 0 Å². The zero-order valence-electron chi connectivity index (χ0n) is 14.6. The first kappa shape index (κ1) is 18.9. The topological polar surface area (TPSA) is 80.5 Å². The zero-order valence-corrected chi connectivity index (χ0v) is 17.1. The maximum atomic E-state index is 13.5. The van der Waals surface area contributed by atoms with Gasteiger partial charge in [-0.3, -0.25) is 10.1 Å². The molecule has 0 saturated carbocycles. The Morgan fingerprint density at radius 2 is 1.64 bits per heavy atom. The van der Waals surface area contributed by atoms with Gasteiger partial charge in [-0.25, -0.2) is 12.7 Å². The smallest absolute Gasteiger partial charge is 0.258 e. The molecule has 3 aromatic carbocycles. The number of benzene rings is 3. The van der Waals surface area contributed by atoms with E-state index in [9.17, 15) is 18.5 Å². The van der Waals surface area contributed by atoms with E-state index in [2.05, 4.69) is 0 Å². The highest BCUT2D eigenvalue weighted by molar-refractivity contribution is 8.00. The predicted octanol–water partition coefficient (Wildman–Crippen LogP) is 5.31. The number of rotatable bonds is 4. The van der Waals surface area contributed by atoms with Crippen molar-refractivity contribution in [1.82, 2.24) is 0 Å². The molecule has 0 atom stereocenters. The van der Waals surface area contributed by atoms with E-state index in [0.717, 1.165) is 14.7 Å². The van der Waals surface area contributed by atoms with Crippen LogP contribution in [0.15, 0.2) is 86.3 Å². The monoisotopic (exact) mass is 430 g/mol. The molecule has 0 amide bonds. The van der Waals surface area contributed by atoms with Crippen molar-refractivity contribution >= 4 is 50.6 Å². The summed E-state index contributed by atoms with van der Waals surface area (Å²) in [5.74, 6) is 0. The minimum Gasteiger partial charge on any atom is -0.258 e. The van der Waals surface area contributed by atoms with Crippen molar-refractivity contribution in [2.45, 2.75) is 19.6 Å². The Hall–Kier alpha value is -2.49. The number of hydrogen-bond donors (Lipinski definition) is 0. The molecule has 3 aromatic rings. The van der Waals surface area contributed by atoms with Gasteiger partial charge in [-0.15, -0.1) is 11.8 Å². The van der Waals surface area contributed by atoms with Crippen molar-refractivity contribution in [1.29, 1.82) is 0 Å². The molecule has 1 aliphatic heterocycles. The molecule has 28 heavy (non-hydrogen) atoms. The maximum absolute atomic E-state index is 13.5. The van der Waals surface area contributed by atoms with E-state index in [0.29, 0.717) is 11.4 Å². The van der Waals surface area contributed by atoms with Gasteiger partial charge in [-0.1, -0.05) is 23.9 Å². The molecule has 0 saturated heterocycles. The summed E-state index contributed by atoms with van der Waals surface area (Å²) in [6.07, 6.45) is 1.93. The molecular formula is C19H14N2O4S3.